The fourth-order valence-electron chi connectivity index (χ4n) is 2.77. The minimum absolute atomic E-state index is 0. The number of aliphatic imine (C=N–C) groups is 1. The Kier molecular flexibility index (Phi) is 9.28. The summed E-state index contributed by atoms with van der Waals surface area (Å²) in [6.07, 6.45) is 0.426. The van der Waals surface area contributed by atoms with Crippen molar-refractivity contribution < 1.29 is 13.9 Å². The summed E-state index contributed by atoms with van der Waals surface area (Å²) in [5, 5.41) is 6.17. The van der Waals surface area contributed by atoms with E-state index in [0.29, 0.717) is 13.1 Å². The molecule has 1 fully saturated rings. The molecule has 0 radical (unpaired) electrons. The highest BCUT2D eigenvalue weighted by Gasteiger charge is 2.27. The number of nitrogens with one attached hydrogen (secondary N) is 2. The summed E-state index contributed by atoms with van der Waals surface area (Å²) in [6, 6.07) is 6.47. The maximum absolute atomic E-state index is 13.3. The van der Waals surface area contributed by atoms with Crippen LogP contribution in [0.5, 0.6) is 0 Å². The Labute approximate surface area is 178 Å². The second-order valence-corrected chi connectivity index (χ2v) is 7.38. The fourth-order valence-corrected chi connectivity index (χ4v) is 2.77. The van der Waals surface area contributed by atoms with Crippen molar-refractivity contribution in [3.63, 3.8) is 0 Å². The largest absolute Gasteiger partial charge is 0.444 e. The lowest BCUT2D eigenvalue weighted by molar-refractivity contribution is 0.0507. The number of ether oxygens (including phenoxy) is 1. The molecule has 1 unspecified atom stereocenters. The van der Waals surface area contributed by atoms with Gasteiger partial charge in [-0.2, -0.15) is 0 Å². The molecule has 0 bridgehead atoms. The number of amides is 1. The Balaban J connectivity index is 0.00000364. The minimum Gasteiger partial charge on any atom is -0.444 e. The van der Waals surface area contributed by atoms with Crippen LogP contribution >= 0.6 is 24.0 Å². The predicted octanol–water partition coefficient (Wildman–Crippen LogP) is 3.51. The SMILES string of the molecule is CCNC(=NCc1cccc(F)c1)N1CCC(NC(=O)OC(C)(C)C)C1.I. The van der Waals surface area contributed by atoms with Crippen LogP contribution in [0.1, 0.15) is 39.7 Å². The average molecular weight is 492 g/mol. The summed E-state index contributed by atoms with van der Waals surface area (Å²) in [5.74, 6) is 0.510. The number of likely N-dealkylation sites (tertiary alicyclic amines) is 1. The van der Waals surface area contributed by atoms with Crippen molar-refractivity contribution >= 4 is 36.0 Å². The molecule has 2 rings (SSSR count). The number of nitrogens with zero attached hydrogens (tertiary/aromatic N) is 2. The second-order valence-electron chi connectivity index (χ2n) is 7.38. The Morgan fingerprint density at radius 3 is 2.78 bits per heavy atom. The van der Waals surface area contributed by atoms with Crippen LogP contribution in [0.15, 0.2) is 29.3 Å². The molecule has 1 aliphatic heterocycles. The van der Waals surface area contributed by atoms with E-state index in [1.165, 1.54) is 12.1 Å². The smallest absolute Gasteiger partial charge is 0.407 e. The highest BCUT2D eigenvalue weighted by Crippen LogP contribution is 2.13. The van der Waals surface area contributed by atoms with Crippen molar-refractivity contribution in [3.05, 3.63) is 35.6 Å². The van der Waals surface area contributed by atoms with E-state index in [4.69, 9.17) is 4.74 Å². The fraction of sp³-hybridized carbons (Fsp3) is 0.579. The van der Waals surface area contributed by atoms with E-state index in [0.717, 1.165) is 31.0 Å². The van der Waals surface area contributed by atoms with Crippen LogP contribution < -0.4 is 10.6 Å². The predicted molar refractivity (Wildman–Crippen MR) is 116 cm³/mol. The zero-order valence-corrected chi connectivity index (χ0v) is 18.7. The first-order valence-corrected chi connectivity index (χ1v) is 9.04. The van der Waals surface area contributed by atoms with Crippen molar-refractivity contribution in [2.24, 2.45) is 4.99 Å². The topological polar surface area (TPSA) is 66.0 Å². The Hall–Kier alpha value is -1.58. The minimum atomic E-state index is -0.510. The van der Waals surface area contributed by atoms with Crippen LogP contribution in [0.2, 0.25) is 0 Å². The molecular weight excluding hydrogens is 462 g/mol. The average Bonchev–Trinajstić information content (AvgIpc) is 2.97. The van der Waals surface area contributed by atoms with Crippen molar-refractivity contribution in [1.29, 1.82) is 0 Å². The summed E-state index contributed by atoms with van der Waals surface area (Å²) in [5.41, 5.74) is 0.312. The summed E-state index contributed by atoms with van der Waals surface area (Å²) >= 11 is 0. The maximum Gasteiger partial charge on any atom is 0.407 e. The van der Waals surface area contributed by atoms with Crippen LogP contribution in [0.3, 0.4) is 0 Å². The summed E-state index contributed by atoms with van der Waals surface area (Å²) in [4.78, 5) is 18.6. The molecule has 152 valence electrons. The molecule has 1 aromatic rings. The van der Waals surface area contributed by atoms with Gasteiger partial charge >= 0.3 is 6.09 Å². The number of guanidine groups is 1. The van der Waals surface area contributed by atoms with Gasteiger partial charge in [-0.05, 0) is 51.8 Å². The number of carbonyl (C=O) groups is 1. The molecule has 1 amide bonds. The van der Waals surface area contributed by atoms with Crippen molar-refractivity contribution in [2.45, 2.75) is 52.3 Å². The third-order valence-electron chi connectivity index (χ3n) is 3.84. The monoisotopic (exact) mass is 492 g/mol. The number of hydrogen-bond acceptors (Lipinski definition) is 3. The number of rotatable bonds is 4. The highest BCUT2D eigenvalue weighted by atomic mass is 127. The number of benzene rings is 1. The van der Waals surface area contributed by atoms with Gasteiger partial charge in [0.15, 0.2) is 5.96 Å². The molecule has 2 N–H and O–H groups in total. The van der Waals surface area contributed by atoms with Gasteiger partial charge in [0, 0.05) is 19.6 Å². The molecule has 0 saturated carbocycles. The molecule has 0 spiro atoms. The maximum atomic E-state index is 13.3. The first kappa shape index (κ1) is 23.5. The quantitative estimate of drug-likeness (QED) is 0.384. The number of hydrogen-bond donors (Lipinski definition) is 2. The van der Waals surface area contributed by atoms with Gasteiger partial charge in [-0.3, -0.25) is 0 Å². The molecule has 1 heterocycles. The zero-order chi connectivity index (χ0) is 19.2. The molecule has 1 aliphatic rings. The number of alkyl carbamates (subject to hydrolysis) is 1. The molecular formula is C19H30FIN4O2. The van der Waals surface area contributed by atoms with Crippen LogP contribution in [0.25, 0.3) is 0 Å². The number of halogens is 2. The summed E-state index contributed by atoms with van der Waals surface area (Å²) in [7, 11) is 0. The van der Waals surface area contributed by atoms with E-state index in [2.05, 4.69) is 20.5 Å². The Morgan fingerprint density at radius 2 is 2.15 bits per heavy atom. The normalized spacial score (nSPS) is 17.3. The molecule has 1 saturated heterocycles. The third-order valence-corrected chi connectivity index (χ3v) is 3.84. The van der Waals surface area contributed by atoms with Gasteiger partial charge in [-0.15, -0.1) is 24.0 Å². The third kappa shape index (κ3) is 8.32. The summed E-state index contributed by atoms with van der Waals surface area (Å²) < 4.78 is 18.6. The van der Waals surface area contributed by atoms with Gasteiger partial charge in [0.05, 0.1) is 12.6 Å². The Bertz CT molecular complexity index is 649. The van der Waals surface area contributed by atoms with E-state index in [1.807, 2.05) is 33.8 Å². The molecule has 1 aromatic carbocycles. The lowest BCUT2D eigenvalue weighted by atomic mass is 10.2. The standard InChI is InChI=1S/C19H29FN4O2.HI/c1-5-21-17(22-12-14-7-6-8-15(20)11-14)24-10-9-16(13-24)23-18(25)26-19(2,3)4;/h6-8,11,16H,5,9-10,12-13H2,1-4H3,(H,21,22)(H,23,25);1H. The zero-order valence-electron chi connectivity index (χ0n) is 16.4. The van der Waals surface area contributed by atoms with E-state index >= 15 is 0 Å². The Morgan fingerprint density at radius 1 is 1.41 bits per heavy atom. The van der Waals surface area contributed by atoms with Crippen LogP contribution in [0, 0.1) is 5.82 Å². The molecule has 0 aromatic heterocycles. The van der Waals surface area contributed by atoms with Gasteiger partial charge in [-0.1, -0.05) is 12.1 Å². The first-order chi connectivity index (χ1) is 12.3. The van der Waals surface area contributed by atoms with Gasteiger partial charge in [-0.25, -0.2) is 14.2 Å². The summed E-state index contributed by atoms with van der Waals surface area (Å²) in [6.45, 7) is 10.1. The van der Waals surface area contributed by atoms with E-state index < -0.39 is 11.7 Å². The van der Waals surface area contributed by atoms with Gasteiger partial charge in [0.1, 0.15) is 11.4 Å². The van der Waals surface area contributed by atoms with Crippen molar-refractivity contribution in [1.82, 2.24) is 15.5 Å². The van der Waals surface area contributed by atoms with Crippen LogP contribution in [0.4, 0.5) is 9.18 Å². The van der Waals surface area contributed by atoms with Gasteiger partial charge < -0.3 is 20.3 Å². The second kappa shape index (κ2) is 10.7. The van der Waals surface area contributed by atoms with E-state index in [9.17, 15) is 9.18 Å². The lowest BCUT2D eigenvalue weighted by Crippen LogP contribution is -2.44. The van der Waals surface area contributed by atoms with Gasteiger partial charge in [0.2, 0.25) is 0 Å². The lowest BCUT2D eigenvalue weighted by Gasteiger charge is -2.23. The van der Waals surface area contributed by atoms with Crippen molar-refractivity contribution in [2.75, 3.05) is 19.6 Å². The van der Waals surface area contributed by atoms with E-state index in [1.54, 1.807) is 6.07 Å². The molecule has 8 heteroatoms. The van der Waals surface area contributed by atoms with Crippen LogP contribution in [-0.2, 0) is 11.3 Å². The van der Waals surface area contributed by atoms with Gasteiger partial charge in [0.25, 0.3) is 0 Å². The molecule has 6 nitrogen and oxygen atoms in total. The van der Waals surface area contributed by atoms with E-state index in [-0.39, 0.29) is 35.8 Å². The highest BCUT2D eigenvalue weighted by molar-refractivity contribution is 14.0. The molecule has 0 aliphatic carbocycles. The van der Waals surface area contributed by atoms with Crippen molar-refractivity contribution in [3.8, 4) is 0 Å². The number of carbonyl (C=O) groups excluding carboxylic acids is 1. The molecule has 27 heavy (non-hydrogen) atoms. The first-order valence-electron chi connectivity index (χ1n) is 9.04. The molecule has 1 atom stereocenters. The van der Waals surface area contributed by atoms with Crippen LogP contribution in [-0.4, -0.2) is 48.2 Å².